The number of nitrogens with two attached hydrogens (primary N) is 1. The van der Waals surface area contributed by atoms with Crippen LogP contribution in [0.1, 0.15) is 60.7 Å². The van der Waals surface area contributed by atoms with E-state index in [1.54, 1.807) is 11.3 Å². The Morgan fingerprint density at radius 2 is 1.90 bits per heavy atom. The van der Waals surface area contributed by atoms with Gasteiger partial charge in [-0.1, -0.05) is 43.9 Å². The third kappa shape index (κ3) is 3.94. The standard InChI is InChI=1S/C18H22N2S/c19-16-9-5-6-14(12-16)10-11-18-20-17(13-21-18)15-7-3-1-2-4-8-15/h5-6,9-13,15H,1-4,7-8,19H2. The summed E-state index contributed by atoms with van der Waals surface area (Å²) in [6, 6.07) is 7.93. The van der Waals surface area contributed by atoms with Crippen molar-refractivity contribution in [2.45, 2.75) is 44.4 Å². The number of hydrogen-bond donors (Lipinski definition) is 1. The molecule has 2 nitrogen and oxygen atoms in total. The predicted molar refractivity (Wildman–Crippen MR) is 92.3 cm³/mol. The second-order valence-corrected chi connectivity index (χ2v) is 6.69. The molecule has 110 valence electrons. The number of benzene rings is 1. The van der Waals surface area contributed by atoms with Gasteiger partial charge in [-0.3, -0.25) is 0 Å². The van der Waals surface area contributed by atoms with Gasteiger partial charge in [-0.2, -0.15) is 0 Å². The van der Waals surface area contributed by atoms with Gasteiger partial charge in [0.25, 0.3) is 0 Å². The number of nitrogens with zero attached hydrogens (tertiary/aromatic N) is 1. The van der Waals surface area contributed by atoms with Crippen molar-refractivity contribution in [3.05, 3.63) is 45.9 Å². The van der Waals surface area contributed by atoms with Gasteiger partial charge >= 0.3 is 0 Å². The van der Waals surface area contributed by atoms with E-state index < -0.39 is 0 Å². The molecule has 0 aliphatic heterocycles. The van der Waals surface area contributed by atoms with Crippen LogP contribution in [0.15, 0.2) is 29.6 Å². The smallest absolute Gasteiger partial charge is 0.116 e. The lowest BCUT2D eigenvalue weighted by Crippen LogP contribution is -1.97. The normalized spacial score (nSPS) is 17.1. The topological polar surface area (TPSA) is 38.9 Å². The molecular weight excluding hydrogens is 276 g/mol. The summed E-state index contributed by atoms with van der Waals surface area (Å²) in [6.07, 6.45) is 12.3. The molecule has 1 heterocycles. The van der Waals surface area contributed by atoms with Crippen molar-refractivity contribution in [1.82, 2.24) is 4.98 Å². The molecule has 3 rings (SSSR count). The summed E-state index contributed by atoms with van der Waals surface area (Å²) < 4.78 is 0. The molecule has 2 aromatic rings. The summed E-state index contributed by atoms with van der Waals surface area (Å²) in [5, 5.41) is 3.34. The molecule has 1 saturated carbocycles. The van der Waals surface area contributed by atoms with Crippen LogP contribution < -0.4 is 5.73 Å². The zero-order valence-corrected chi connectivity index (χ0v) is 13.1. The van der Waals surface area contributed by atoms with Gasteiger partial charge in [0.1, 0.15) is 5.01 Å². The Bertz CT molecular complexity index is 607. The lowest BCUT2D eigenvalue weighted by atomic mass is 9.98. The van der Waals surface area contributed by atoms with Crippen LogP contribution in [0.5, 0.6) is 0 Å². The first-order chi connectivity index (χ1) is 10.3. The average molecular weight is 298 g/mol. The summed E-state index contributed by atoms with van der Waals surface area (Å²) in [5.41, 5.74) is 9.02. The molecular formula is C18H22N2S. The Morgan fingerprint density at radius 1 is 1.10 bits per heavy atom. The highest BCUT2D eigenvalue weighted by molar-refractivity contribution is 7.10. The van der Waals surface area contributed by atoms with E-state index in [0.717, 1.165) is 16.3 Å². The Labute approximate surface area is 130 Å². The Kier molecular flexibility index (Phi) is 4.71. The zero-order chi connectivity index (χ0) is 14.5. The number of hydrogen-bond acceptors (Lipinski definition) is 3. The predicted octanol–water partition coefficient (Wildman–Crippen LogP) is 5.33. The molecule has 0 saturated heterocycles. The van der Waals surface area contributed by atoms with E-state index in [1.165, 1.54) is 44.2 Å². The second-order valence-electron chi connectivity index (χ2n) is 5.80. The first kappa shape index (κ1) is 14.3. The largest absolute Gasteiger partial charge is 0.399 e. The molecule has 0 atom stereocenters. The maximum absolute atomic E-state index is 5.80. The molecule has 0 amide bonds. The van der Waals surface area contributed by atoms with Crippen LogP contribution in [0, 0.1) is 0 Å². The summed E-state index contributed by atoms with van der Waals surface area (Å²) in [4.78, 5) is 4.81. The van der Waals surface area contributed by atoms with Crippen molar-refractivity contribution >= 4 is 29.2 Å². The van der Waals surface area contributed by atoms with Crippen LogP contribution in [-0.4, -0.2) is 4.98 Å². The van der Waals surface area contributed by atoms with Gasteiger partial charge in [0, 0.05) is 17.0 Å². The van der Waals surface area contributed by atoms with Gasteiger partial charge in [0.2, 0.25) is 0 Å². The van der Waals surface area contributed by atoms with Crippen molar-refractivity contribution in [3.63, 3.8) is 0 Å². The molecule has 2 N–H and O–H groups in total. The Balaban J connectivity index is 1.69. The van der Waals surface area contributed by atoms with Gasteiger partial charge in [-0.25, -0.2) is 4.98 Å². The fourth-order valence-electron chi connectivity index (χ4n) is 2.97. The van der Waals surface area contributed by atoms with Crippen molar-refractivity contribution in [1.29, 1.82) is 0 Å². The van der Waals surface area contributed by atoms with E-state index in [2.05, 4.69) is 23.6 Å². The van der Waals surface area contributed by atoms with E-state index in [0.29, 0.717) is 5.92 Å². The molecule has 0 bridgehead atoms. The minimum absolute atomic E-state index is 0.679. The van der Waals surface area contributed by atoms with Gasteiger partial charge in [-0.15, -0.1) is 11.3 Å². The molecule has 21 heavy (non-hydrogen) atoms. The quantitative estimate of drug-likeness (QED) is 0.614. The maximum Gasteiger partial charge on any atom is 0.116 e. The third-order valence-corrected chi connectivity index (χ3v) is 4.97. The van der Waals surface area contributed by atoms with Crippen molar-refractivity contribution in [3.8, 4) is 0 Å². The van der Waals surface area contributed by atoms with E-state index in [9.17, 15) is 0 Å². The number of anilines is 1. The molecule has 1 aromatic carbocycles. The highest BCUT2D eigenvalue weighted by Crippen LogP contribution is 2.32. The fourth-order valence-corrected chi connectivity index (χ4v) is 3.76. The molecule has 0 radical (unpaired) electrons. The van der Waals surface area contributed by atoms with Gasteiger partial charge in [0.15, 0.2) is 0 Å². The Morgan fingerprint density at radius 3 is 2.67 bits per heavy atom. The van der Waals surface area contributed by atoms with Gasteiger partial charge < -0.3 is 5.73 Å². The minimum atomic E-state index is 0.679. The third-order valence-electron chi connectivity index (χ3n) is 4.14. The van der Waals surface area contributed by atoms with Crippen molar-refractivity contribution in [2.75, 3.05) is 5.73 Å². The highest BCUT2D eigenvalue weighted by atomic mass is 32.1. The number of rotatable bonds is 3. The second kappa shape index (κ2) is 6.90. The molecule has 1 aromatic heterocycles. The van der Waals surface area contributed by atoms with Crippen LogP contribution in [-0.2, 0) is 0 Å². The van der Waals surface area contributed by atoms with E-state index in [1.807, 2.05) is 18.2 Å². The minimum Gasteiger partial charge on any atom is -0.399 e. The first-order valence-corrected chi connectivity index (χ1v) is 8.68. The summed E-state index contributed by atoms with van der Waals surface area (Å²) in [6.45, 7) is 0. The van der Waals surface area contributed by atoms with Gasteiger partial charge in [-0.05, 0) is 36.6 Å². The van der Waals surface area contributed by atoms with Crippen LogP contribution >= 0.6 is 11.3 Å². The SMILES string of the molecule is Nc1cccc(C=Cc2nc(C3CCCCCC3)cs2)c1. The van der Waals surface area contributed by atoms with Crippen LogP contribution in [0.3, 0.4) is 0 Å². The summed E-state index contributed by atoms with van der Waals surface area (Å²) >= 11 is 1.74. The lowest BCUT2D eigenvalue weighted by molar-refractivity contribution is 0.580. The monoisotopic (exact) mass is 298 g/mol. The van der Waals surface area contributed by atoms with Crippen LogP contribution in [0.25, 0.3) is 12.2 Å². The lowest BCUT2D eigenvalue weighted by Gasteiger charge is -2.09. The summed E-state index contributed by atoms with van der Waals surface area (Å²) in [5.74, 6) is 0.679. The fraction of sp³-hybridized carbons (Fsp3) is 0.389. The van der Waals surface area contributed by atoms with E-state index in [4.69, 9.17) is 10.7 Å². The summed E-state index contributed by atoms with van der Waals surface area (Å²) in [7, 11) is 0. The molecule has 0 unspecified atom stereocenters. The number of aromatic nitrogens is 1. The molecule has 3 heteroatoms. The zero-order valence-electron chi connectivity index (χ0n) is 12.3. The number of nitrogen functional groups attached to an aromatic ring is 1. The first-order valence-electron chi connectivity index (χ1n) is 7.80. The number of thiazole rings is 1. The molecule has 1 aliphatic rings. The van der Waals surface area contributed by atoms with Crippen molar-refractivity contribution < 1.29 is 0 Å². The van der Waals surface area contributed by atoms with E-state index in [-0.39, 0.29) is 0 Å². The Hall–Kier alpha value is -1.61. The highest BCUT2D eigenvalue weighted by Gasteiger charge is 2.16. The van der Waals surface area contributed by atoms with Gasteiger partial charge in [0.05, 0.1) is 5.69 Å². The van der Waals surface area contributed by atoms with E-state index >= 15 is 0 Å². The van der Waals surface area contributed by atoms with Crippen molar-refractivity contribution in [2.24, 2.45) is 0 Å². The molecule has 1 fully saturated rings. The maximum atomic E-state index is 5.80. The van der Waals surface area contributed by atoms with Crippen LogP contribution in [0.4, 0.5) is 5.69 Å². The van der Waals surface area contributed by atoms with Crippen LogP contribution in [0.2, 0.25) is 0 Å². The molecule has 1 aliphatic carbocycles. The molecule has 0 spiro atoms. The average Bonchev–Trinajstić information content (AvgIpc) is 2.79.